The summed E-state index contributed by atoms with van der Waals surface area (Å²) >= 11 is 6.04. The van der Waals surface area contributed by atoms with Crippen LogP contribution in [0.5, 0.6) is 0 Å². The third-order valence-corrected chi connectivity index (χ3v) is 3.57. The van der Waals surface area contributed by atoms with Gasteiger partial charge in [-0.05, 0) is 36.4 Å². The molecule has 0 spiro atoms. The Hall–Kier alpha value is -2.73. The molecule has 7 heteroatoms. The van der Waals surface area contributed by atoms with Gasteiger partial charge in [-0.1, -0.05) is 17.7 Å². The summed E-state index contributed by atoms with van der Waals surface area (Å²) in [5.41, 5.74) is 0.118. The summed E-state index contributed by atoms with van der Waals surface area (Å²) in [4.78, 5) is 15.4. The van der Waals surface area contributed by atoms with Gasteiger partial charge in [-0.15, -0.1) is 0 Å². The van der Waals surface area contributed by atoms with E-state index in [-0.39, 0.29) is 22.1 Å². The molecule has 0 aliphatic carbocycles. The zero-order valence-corrected chi connectivity index (χ0v) is 12.3. The lowest BCUT2D eigenvalue weighted by Crippen LogP contribution is -2.08. The number of nitrogens with zero attached hydrogens (tertiary/aromatic N) is 2. The van der Waals surface area contributed by atoms with Gasteiger partial charge in [0.15, 0.2) is 5.69 Å². The number of carboxylic acids is 1. The molecule has 0 saturated carbocycles. The van der Waals surface area contributed by atoms with Gasteiger partial charge in [0.2, 0.25) is 0 Å². The highest BCUT2D eigenvalue weighted by Gasteiger charge is 2.22. The van der Waals surface area contributed by atoms with Crippen LogP contribution in [0.1, 0.15) is 10.5 Å². The number of aromatic carboxylic acids is 1. The maximum atomic E-state index is 14.2. The minimum Gasteiger partial charge on any atom is -0.477 e. The lowest BCUT2D eigenvalue weighted by molar-refractivity contribution is 0.0688. The van der Waals surface area contributed by atoms with E-state index in [9.17, 15) is 18.7 Å². The highest BCUT2D eigenvalue weighted by Crippen LogP contribution is 2.32. The summed E-state index contributed by atoms with van der Waals surface area (Å²) in [6, 6.07) is 9.21. The van der Waals surface area contributed by atoms with Gasteiger partial charge < -0.3 is 5.11 Å². The standard InChI is InChI=1S/C16H9ClF2N2O2/c17-11-2-1-3-12(19)14(11)15-20-8-13(16(22)23)21(15)10-6-4-9(18)5-7-10/h1-8H,(H,22,23). The number of rotatable bonds is 3. The second-order valence-electron chi connectivity index (χ2n) is 4.68. The minimum absolute atomic E-state index is 0.0222. The van der Waals surface area contributed by atoms with Gasteiger partial charge in [0, 0.05) is 5.69 Å². The molecule has 0 bridgehead atoms. The van der Waals surface area contributed by atoms with Crippen LogP contribution in [0.3, 0.4) is 0 Å². The maximum absolute atomic E-state index is 14.2. The predicted molar refractivity (Wildman–Crippen MR) is 80.9 cm³/mol. The van der Waals surface area contributed by atoms with E-state index in [0.29, 0.717) is 5.69 Å². The van der Waals surface area contributed by atoms with E-state index >= 15 is 0 Å². The molecular formula is C16H9ClF2N2O2. The van der Waals surface area contributed by atoms with E-state index in [0.717, 1.165) is 6.20 Å². The molecular weight excluding hydrogens is 326 g/mol. The highest BCUT2D eigenvalue weighted by molar-refractivity contribution is 6.33. The molecule has 23 heavy (non-hydrogen) atoms. The van der Waals surface area contributed by atoms with Crippen molar-refractivity contribution in [1.82, 2.24) is 9.55 Å². The zero-order chi connectivity index (χ0) is 16.6. The van der Waals surface area contributed by atoms with Crippen LogP contribution in [0.4, 0.5) is 8.78 Å². The van der Waals surface area contributed by atoms with Crippen molar-refractivity contribution in [3.63, 3.8) is 0 Å². The molecule has 0 fully saturated rings. The summed E-state index contributed by atoms with van der Waals surface area (Å²) in [5, 5.41) is 9.41. The van der Waals surface area contributed by atoms with Gasteiger partial charge in [-0.3, -0.25) is 4.57 Å². The van der Waals surface area contributed by atoms with Crippen molar-refractivity contribution in [1.29, 1.82) is 0 Å². The Morgan fingerprint density at radius 3 is 2.43 bits per heavy atom. The number of hydrogen-bond donors (Lipinski definition) is 1. The predicted octanol–water partition coefficient (Wildman–Crippen LogP) is 4.17. The summed E-state index contributed by atoms with van der Waals surface area (Å²) < 4.78 is 28.5. The van der Waals surface area contributed by atoms with E-state index in [1.54, 1.807) is 0 Å². The molecule has 0 aliphatic heterocycles. The minimum atomic E-state index is -1.25. The van der Waals surface area contributed by atoms with Crippen LogP contribution in [0.25, 0.3) is 17.1 Å². The first-order chi connectivity index (χ1) is 11.0. The quantitative estimate of drug-likeness (QED) is 0.782. The van der Waals surface area contributed by atoms with Crippen molar-refractivity contribution < 1.29 is 18.7 Å². The van der Waals surface area contributed by atoms with E-state index in [1.807, 2.05) is 0 Å². The second-order valence-corrected chi connectivity index (χ2v) is 5.09. The fourth-order valence-corrected chi connectivity index (χ4v) is 2.49. The molecule has 0 saturated heterocycles. The van der Waals surface area contributed by atoms with E-state index < -0.39 is 17.6 Å². The first kappa shape index (κ1) is 15.2. The van der Waals surface area contributed by atoms with Crippen molar-refractivity contribution in [2.45, 2.75) is 0 Å². The lowest BCUT2D eigenvalue weighted by atomic mass is 10.2. The molecule has 116 valence electrons. The number of imidazole rings is 1. The third kappa shape index (κ3) is 2.68. The molecule has 0 aliphatic rings. The van der Waals surface area contributed by atoms with Crippen molar-refractivity contribution >= 4 is 17.6 Å². The largest absolute Gasteiger partial charge is 0.477 e. The Balaban J connectivity index is 2.31. The van der Waals surface area contributed by atoms with Crippen molar-refractivity contribution in [3.05, 3.63) is 71.0 Å². The van der Waals surface area contributed by atoms with Crippen molar-refractivity contribution in [3.8, 4) is 17.1 Å². The van der Waals surface area contributed by atoms with Crippen LogP contribution >= 0.6 is 11.6 Å². The molecule has 2 aromatic carbocycles. The number of carboxylic acid groups (broad SMARTS) is 1. The van der Waals surface area contributed by atoms with Crippen LogP contribution in [0.2, 0.25) is 5.02 Å². The summed E-state index contributed by atoms with van der Waals surface area (Å²) in [5.74, 6) is -2.34. The van der Waals surface area contributed by atoms with E-state index in [1.165, 1.54) is 47.0 Å². The molecule has 4 nitrogen and oxygen atoms in total. The molecule has 3 rings (SSSR count). The van der Waals surface area contributed by atoms with Crippen LogP contribution in [0, 0.1) is 11.6 Å². The molecule has 3 aromatic rings. The lowest BCUT2D eigenvalue weighted by Gasteiger charge is -2.12. The molecule has 1 heterocycles. The van der Waals surface area contributed by atoms with Crippen LogP contribution in [-0.4, -0.2) is 20.6 Å². The fourth-order valence-electron chi connectivity index (χ4n) is 2.24. The number of halogens is 3. The van der Waals surface area contributed by atoms with Gasteiger partial charge in [0.1, 0.15) is 17.5 Å². The average molecular weight is 335 g/mol. The van der Waals surface area contributed by atoms with Crippen LogP contribution < -0.4 is 0 Å². The van der Waals surface area contributed by atoms with E-state index in [4.69, 9.17) is 11.6 Å². The number of carbonyl (C=O) groups is 1. The smallest absolute Gasteiger partial charge is 0.354 e. The molecule has 0 amide bonds. The van der Waals surface area contributed by atoms with Crippen molar-refractivity contribution in [2.24, 2.45) is 0 Å². The van der Waals surface area contributed by atoms with Gasteiger partial charge in [0.05, 0.1) is 16.8 Å². The molecule has 0 radical (unpaired) electrons. The number of benzene rings is 2. The summed E-state index contributed by atoms with van der Waals surface area (Å²) in [6.45, 7) is 0. The molecule has 0 atom stereocenters. The van der Waals surface area contributed by atoms with Gasteiger partial charge in [-0.2, -0.15) is 0 Å². The van der Waals surface area contributed by atoms with Crippen LogP contribution in [0.15, 0.2) is 48.7 Å². The monoisotopic (exact) mass is 334 g/mol. The third-order valence-electron chi connectivity index (χ3n) is 3.25. The van der Waals surface area contributed by atoms with Crippen LogP contribution in [-0.2, 0) is 0 Å². The number of aromatic nitrogens is 2. The Morgan fingerprint density at radius 1 is 1.13 bits per heavy atom. The molecule has 1 N–H and O–H groups in total. The van der Waals surface area contributed by atoms with Gasteiger partial charge in [0.25, 0.3) is 0 Å². The zero-order valence-electron chi connectivity index (χ0n) is 11.5. The normalized spacial score (nSPS) is 10.7. The number of hydrogen-bond acceptors (Lipinski definition) is 2. The topological polar surface area (TPSA) is 55.1 Å². The van der Waals surface area contributed by atoms with Gasteiger partial charge >= 0.3 is 5.97 Å². The summed E-state index contributed by atoms with van der Waals surface area (Å²) in [7, 11) is 0. The highest BCUT2D eigenvalue weighted by atomic mass is 35.5. The molecule has 0 unspecified atom stereocenters. The Morgan fingerprint density at radius 2 is 1.83 bits per heavy atom. The van der Waals surface area contributed by atoms with E-state index in [2.05, 4.69) is 4.98 Å². The fraction of sp³-hybridized carbons (Fsp3) is 0. The molecule has 1 aromatic heterocycles. The Bertz CT molecular complexity index is 871. The Kier molecular flexibility index (Phi) is 3.83. The maximum Gasteiger partial charge on any atom is 0.354 e. The van der Waals surface area contributed by atoms with Gasteiger partial charge in [-0.25, -0.2) is 18.6 Å². The Labute approximate surface area is 134 Å². The summed E-state index contributed by atoms with van der Waals surface area (Å²) in [6.07, 6.45) is 1.10. The first-order valence-corrected chi connectivity index (χ1v) is 6.88. The van der Waals surface area contributed by atoms with Crippen molar-refractivity contribution in [2.75, 3.05) is 0 Å². The average Bonchev–Trinajstić information content (AvgIpc) is 2.93. The second kappa shape index (κ2) is 5.81. The first-order valence-electron chi connectivity index (χ1n) is 6.50. The SMILES string of the molecule is O=C(O)c1cnc(-c2c(F)cccc2Cl)n1-c1ccc(F)cc1.